The van der Waals surface area contributed by atoms with Gasteiger partial charge < -0.3 is 10.6 Å². The summed E-state index contributed by atoms with van der Waals surface area (Å²) in [6.07, 6.45) is 8.19. The van der Waals surface area contributed by atoms with Crippen LogP contribution in [0.2, 0.25) is 0 Å². The monoisotopic (exact) mass is 316 g/mol. The Bertz CT molecular complexity index is 450. The van der Waals surface area contributed by atoms with E-state index in [0.717, 1.165) is 25.3 Å². The number of guanidine groups is 1. The fourth-order valence-corrected chi connectivity index (χ4v) is 4.02. The predicted octanol–water partition coefficient (Wildman–Crippen LogP) is 0.766. The van der Waals surface area contributed by atoms with Crippen LogP contribution in [0.25, 0.3) is 0 Å². The summed E-state index contributed by atoms with van der Waals surface area (Å²) < 4.78 is 24.5. The molecule has 0 bridgehead atoms. The standard InChI is InChI=1S/C14H28N4O2S/c1-15-14(17-13-5-3-4-6-13)16-11-12-7-9-18(10-8-12)21(2,19)20/h12-13H,3-11H2,1-2H3,(H2,15,16,17). The van der Waals surface area contributed by atoms with Crippen molar-refractivity contribution in [2.24, 2.45) is 10.9 Å². The van der Waals surface area contributed by atoms with Crippen LogP contribution in [0.4, 0.5) is 0 Å². The maximum Gasteiger partial charge on any atom is 0.211 e. The van der Waals surface area contributed by atoms with Crippen molar-refractivity contribution in [1.82, 2.24) is 14.9 Å². The Kier molecular flexibility index (Phi) is 5.87. The molecule has 0 spiro atoms. The SMILES string of the molecule is CN=C(NCC1CCN(S(C)(=O)=O)CC1)NC1CCCC1. The zero-order valence-electron chi connectivity index (χ0n) is 13.1. The molecule has 0 aromatic rings. The Morgan fingerprint density at radius 2 is 1.81 bits per heavy atom. The first-order valence-electron chi connectivity index (χ1n) is 7.91. The molecular formula is C14H28N4O2S. The van der Waals surface area contributed by atoms with E-state index in [1.807, 2.05) is 0 Å². The summed E-state index contributed by atoms with van der Waals surface area (Å²) >= 11 is 0. The van der Waals surface area contributed by atoms with E-state index in [9.17, 15) is 8.42 Å². The largest absolute Gasteiger partial charge is 0.356 e. The number of sulfonamides is 1. The number of hydrogen-bond acceptors (Lipinski definition) is 3. The Morgan fingerprint density at radius 3 is 2.33 bits per heavy atom. The second kappa shape index (κ2) is 7.45. The van der Waals surface area contributed by atoms with Crippen molar-refractivity contribution in [2.75, 3.05) is 32.9 Å². The van der Waals surface area contributed by atoms with Gasteiger partial charge in [0, 0.05) is 32.7 Å². The van der Waals surface area contributed by atoms with Gasteiger partial charge in [0.05, 0.1) is 6.26 Å². The first kappa shape index (κ1) is 16.5. The van der Waals surface area contributed by atoms with Crippen molar-refractivity contribution in [3.8, 4) is 0 Å². The van der Waals surface area contributed by atoms with Gasteiger partial charge in [-0.1, -0.05) is 12.8 Å². The average Bonchev–Trinajstić information content (AvgIpc) is 2.96. The lowest BCUT2D eigenvalue weighted by Gasteiger charge is -2.30. The lowest BCUT2D eigenvalue weighted by Crippen LogP contribution is -2.46. The van der Waals surface area contributed by atoms with Gasteiger partial charge in [0.1, 0.15) is 0 Å². The summed E-state index contributed by atoms with van der Waals surface area (Å²) in [6.45, 7) is 2.14. The molecule has 1 aliphatic heterocycles. The molecule has 6 nitrogen and oxygen atoms in total. The highest BCUT2D eigenvalue weighted by Crippen LogP contribution is 2.19. The normalized spacial score (nSPS) is 23.4. The van der Waals surface area contributed by atoms with E-state index in [2.05, 4.69) is 15.6 Å². The van der Waals surface area contributed by atoms with Crippen molar-refractivity contribution < 1.29 is 8.42 Å². The molecule has 122 valence electrons. The van der Waals surface area contributed by atoms with E-state index in [-0.39, 0.29) is 0 Å². The molecule has 0 radical (unpaired) electrons. The number of rotatable bonds is 4. The molecule has 0 aromatic carbocycles. The lowest BCUT2D eigenvalue weighted by atomic mass is 9.98. The van der Waals surface area contributed by atoms with Crippen LogP contribution in [0.3, 0.4) is 0 Å². The van der Waals surface area contributed by atoms with Crippen molar-refractivity contribution >= 4 is 16.0 Å². The highest BCUT2D eigenvalue weighted by atomic mass is 32.2. The number of nitrogens with one attached hydrogen (secondary N) is 2. The van der Waals surface area contributed by atoms with Gasteiger partial charge in [-0.15, -0.1) is 0 Å². The molecule has 2 fully saturated rings. The Hall–Kier alpha value is -0.820. The molecule has 0 unspecified atom stereocenters. The van der Waals surface area contributed by atoms with Gasteiger partial charge in [0.15, 0.2) is 5.96 Å². The van der Waals surface area contributed by atoms with E-state index in [4.69, 9.17) is 0 Å². The van der Waals surface area contributed by atoms with Crippen LogP contribution < -0.4 is 10.6 Å². The second-order valence-corrected chi connectivity index (χ2v) is 8.17. The van der Waals surface area contributed by atoms with Crippen LogP contribution in [0.5, 0.6) is 0 Å². The zero-order valence-corrected chi connectivity index (χ0v) is 14.0. The van der Waals surface area contributed by atoms with Crippen molar-refractivity contribution in [2.45, 2.75) is 44.6 Å². The molecule has 2 rings (SSSR count). The fourth-order valence-electron chi connectivity index (χ4n) is 3.14. The third kappa shape index (κ3) is 5.14. The molecule has 21 heavy (non-hydrogen) atoms. The Labute approximate surface area is 128 Å². The third-order valence-electron chi connectivity index (χ3n) is 4.52. The minimum absolute atomic E-state index is 0.519. The van der Waals surface area contributed by atoms with E-state index in [0.29, 0.717) is 25.0 Å². The quantitative estimate of drug-likeness (QED) is 0.593. The summed E-state index contributed by atoms with van der Waals surface area (Å²) in [4.78, 5) is 4.28. The molecule has 2 aliphatic rings. The first-order valence-corrected chi connectivity index (χ1v) is 9.76. The number of nitrogens with zero attached hydrogens (tertiary/aromatic N) is 2. The van der Waals surface area contributed by atoms with Crippen molar-refractivity contribution in [3.63, 3.8) is 0 Å². The summed E-state index contributed by atoms with van der Waals surface area (Å²) in [5, 5.41) is 6.86. The van der Waals surface area contributed by atoms with E-state index < -0.39 is 10.0 Å². The molecule has 0 aromatic heterocycles. The minimum Gasteiger partial charge on any atom is -0.356 e. The molecule has 1 saturated heterocycles. The molecule has 1 heterocycles. The van der Waals surface area contributed by atoms with Crippen LogP contribution in [-0.2, 0) is 10.0 Å². The summed E-state index contributed by atoms with van der Waals surface area (Å²) in [5.74, 6) is 1.40. The minimum atomic E-state index is -3.02. The zero-order chi connectivity index (χ0) is 15.3. The summed E-state index contributed by atoms with van der Waals surface area (Å²) in [7, 11) is -1.22. The van der Waals surface area contributed by atoms with Gasteiger partial charge >= 0.3 is 0 Å². The molecule has 7 heteroatoms. The molecular weight excluding hydrogens is 288 g/mol. The smallest absolute Gasteiger partial charge is 0.211 e. The highest BCUT2D eigenvalue weighted by molar-refractivity contribution is 7.88. The number of piperidine rings is 1. The highest BCUT2D eigenvalue weighted by Gasteiger charge is 2.25. The van der Waals surface area contributed by atoms with Gasteiger partial charge in [0.25, 0.3) is 0 Å². The van der Waals surface area contributed by atoms with Crippen LogP contribution in [0.1, 0.15) is 38.5 Å². The predicted molar refractivity (Wildman–Crippen MR) is 85.9 cm³/mol. The number of hydrogen-bond donors (Lipinski definition) is 2. The van der Waals surface area contributed by atoms with Gasteiger partial charge in [-0.3, -0.25) is 4.99 Å². The van der Waals surface area contributed by atoms with Crippen LogP contribution in [0.15, 0.2) is 4.99 Å². The molecule has 2 N–H and O–H groups in total. The molecule has 1 aliphatic carbocycles. The van der Waals surface area contributed by atoms with Gasteiger partial charge in [-0.2, -0.15) is 0 Å². The van der Waals surface area contributed by atoms with Crippen LogP contribution in [0, 0.1) is 5.92 Å². The molecule has 1 saturated carbocycles. The van der Waals surface area contributed by atoms with Crippen molar-refractivity contribution in [3.05, 3.63) is 0 Å². The second-order valence-electron chi connectivity index (χ2n) is 6.18. The Balaban J connectivity index is 1.70. The maximum absolute atomic E-state index is 11.5. The van der Waals surface area contributed by atoms with E-state index in [1.165, 1.54) is 31.9 Å². The van der Waals surface area contributed by atoms with Crippen LogP contribution in [-0.4, -0.2) is 57.7 Å². The maximum atomic E-state index is 11.5. The molecule has 0 atom stereocenters. The van der Waals surface area contributed by atoms with Crippen LogP contribution >= 0.6 is 0 Å². The van der Waals surface area contributed by atoms with Gasteiger partial charge in [-0.05, 0) is 31.6 Å². The lowest BCUT2D eigenvalue weighted by molar-refractivity contribution is 0.274. The summed E-state index contributed by atoms with van der Waals surface area (Å²) in [5.41, 5.74) is 0. The third-order valence-corrected chi connectivity index (χ3v) is 5.82. The first-order chi connectivity index (χ1) is 9.99. The average molecular weight is 316 g/mol. The van der Waals surface area contributed by atoms with Gasteiger partial charge in [0.2, 0.25) is 10.0 Å². The topological polar surface area (TPSA) is 73.8 Å². The number of aliphatic imine (C=N–C) groups is 1. The summed E-state index contributed by atoms with van der Waals surface area (Å²) in [6, 6.07) is 0.559. The van der Waals surface area contributed by atoms with E-state index in [1.54, 1.807) is 11.4 Å². The molecule has 0 amide bonds. The Morgan fingerprint density at radius 1 is 1.19 bits per heavy atom. The fraction of sp³-hybridized carbons (Fsp3) is 0.929. The van der Waals surface area contributed by atoms with Gasteiger partial charge in [-0.25, -0.2) is 12.7 Å². The van der Waals surface area contributed by atoms with Crippen molar-refractivity contribution in [1.29, 1.82) is 0 Å². The van der Waals surface area contributed by atoms with E-state index >= 15 is 0 Å².